The quantitative estimate of drug-likeness (QED) is 0.106. The molecule has 8 rings (SSSR count). The molecule has 2 aliphatic rings. The van der Waals surface area contributed by atoms with E-state index < -0.39 is 33.0 Å². The van der Waals surface area contributed by atoms with Crippen molar-refractivity contribution in [3.05, 3.63) is 121 Å². The van der Waals surface area contributed by atoms with E-state index in [2.05, 4.69) is 30.6 Å². The molecule has 2 aliphatic carbocycles. The predicted molar refractivity (Wildman–Crippen MR) is 192 cm³/mol. The van der Waals surface area contributed by atoms with Crippen LogP contribution >= 0.6 is 23.2 Å². The number of anilines is 4. The van der Waals surface area contributed by atoms with Crippen LogP contribution in [0.1, 0.15) is 19.3 Å². The van der Waals surface area contributed by atoms with Crippen molar-refractivity contribution < 1.29 is 27.8 Å². The van der Waals surface area contributed by atoms with Gasteiger partial charge >= 0.3 is 11.4 Å². The van der Waals surface area contributed by atoms with Crippen molar-refractivity contribution in [3.8, 4) is 5.75 Å². The Bertz CT molecular complexity index is 2420. The van der Waals surface area contributed by atoms with Gasteiger partial charge in [0.05, 0.1) is 48.3 Å². The third-order valence-electron chi connectivity index (χ3n) is 9.19. The van der Waals surface area contributed by atoms with Crippen LogP contribution in [-0.4, -0.2) is 36.4 Å². The van der Waals surface area contributed by atoms with E-state index in [4.69, 9.17) is 27.9 Å². The van der Waals surface area contributed by atoms with Crippen molar-refractivity contribution in [1.82, 2.24) is 19.9 Å². The lowest BCUT2D eigenvalue weighted by Gasteiger charge is -2.12. The summed E-state index contributed by atoms with van der Waals surface area (Å²) in [7, 11) is 0. The molecular formula is C35H25Cl2F3N8O5. The molecule has 2 atom stereocenters. The smallest absolute Gasteiger partial charge is 0.311 e. The number of hydrogen-bond donors (Lipinski definition) is 2. The van der Waals surface area contributed by atoms with Crippen LogP contribution in [0.4, 0.5) is 47.6 Å². The molecule has 0 amide bonds. The van der Waals surface area contributed by atoms with Crippen LogP contribution < -0.4 is 15.4 Å². The Morgan fingerprint density at radius 1 is 0.698 bits per heavy atom. The molecule has 0 saturated heterocycles. The standard InChI is InChI=1S/C21H18ClFN4O3.C14H7ClF2N4O2/c22-16-6-11(4-5-17(16)23)26-21-14-7-19(27(28)29)20(8-18(14)24-10-25-21)30-9-15-12-2-1-3-13(12)15;15-9-3-7(1-2-10(9)16)20-14-8-4-13(21(22)23)11(17)5-12(8)18-6-19-14/h4-8,10,12-13,15H,1-3,9H2,(H,24,25,26);1-6H,(H,18,19,20). The normalized spacial score (nSPS) is 17.1. The van der Waals surface area contributed by atoms with E-state index >= 15 is 0 Å². The molecule has 0 spiro atoms. The predicted octanol–water partition coefficient (Wildman–Crippen LogP) is 9.71. The molecule has 0 radical (unpaired) electrons. The average Bonchev–Trinajstić information content (AvgIpc) is 3.54. The fraction of sp³-hybridized carbons (Fsp3) is 0.200. The zero-order valence-corrected chi connectivity index (χ0v) is 28.6. The highest BCUT2D eigenvalue weighted by molar-refractivity contribution is 6.31. The topological polar surface area (TPSA) is 171 Å². The zero-order chi connectivity index (χ0) is 37.4. The van der Waals surface area contributed by atoms with E-state index in [-0.39, 0.29) is 38.2 Å². The monoisotopic (exact) mass is 764 g/mol. The van der Waals surface area contributed by atoms with Gasteiger partial charge < -0.3 is 15.4 Å². The summed E-state index contributed by atoms with van der Waals surface area (Å²) in [4.78, 5) is 37.5. The maximum absolute atomic E-state index is 13.6. The van der Waals surface area contributed by atoms with Crippen molar-refractivity contribution in [2.24, 2.45) is 17.8 Å². The van der Waals surface area contributed by atoms with Gasteiger partial charge in [-0.1, -0.05) is 29.6 Å². The van der Waals surface area contributed by atoms with Gasteiger partial charge in [-0.3, -0.25) is 20.2 Å². The first-order valence-electron chi connectivity index (χ1n) is 16.1. The largest absolute Gasteiger partial charge is 0.486 e. The van der Waals surface area contributed by atoms with Crippen molar-refractivity contribution >= 4 is 79.4 Å². The Hall–Kier alpha value is -5.87. The van der Waals surface area contributed by atoms with E-state index in [1.54, 1.807) is 6.07 Å². The first-order valence-corrected chi connectivity index (χ1v) is 16.8. The van der Waals surface area contributed by atoms with Gasteiger partial charge in [-0.2, -0.15) is 4.39 Å². The first kappa shape index (κ1) is 35.5. The number of hydrogen-bond acceptors (Lipinski definition) is 11. The molecule has 2 saturated carbocycles. The van der Waals surface area contributed by atoms with Crippen LogP contribution in [0, 0.1) is 55.4 Å². The van der Waals surface area contributed by atoms with E-state index in [0.717, 1.165) is 18.2 Å². The molecule has 270 valence electrons. The van der Waals surface area contributed by atoms with Gasteiger partial charge in [0.2, 0.25) is 5.82 Å². The molecule has 2 aromatic heterocycles. The number of fused-ring (bicyclic) bond motifs is 3. The van der Waals surface area contributed by atoms with Gasteiger partial charge in [0.1, 0.15) is 35.9 Å². The van der Waals surface area contributed by atoms with Crippen molar-refractivity contribution in [1.29, 1.82) is 0 Å². The molecule has 53 heavy (non-hydrogen) atoms. The summed E-state index contributed by atoms with van der Waals surface area (Å²) in [6, 6.07) is 13.1. The van der Waals surface area contributed by atoms with Gasteiger partial charge in [0.15, 0.2) is 5.75 Å². The fourth-order valence-corrected chi connectivity index (χ4v) is 6.92. The zero-order valence-electron chi connectivity index (χ0n) is 27.1. The van der Waals surface area contributed by atoms with E-state index in [1.807, 2.05) is 0 Å². The molecule has 13 nitrogen and oxygen atoms in total. The molecule has 0 aliphatic heterocycles. The molecule has 6 aromatic rings. The summed E-state index contributed by atoms with van der Waals surface area (Å²) in [6.45, 7) is 0.492. The number of nitro groups is 2. The number of halogens is 5. The van der Waals surface area contributed by atoms with Crippen molar-refractivity contribution in [2.45, 2.75) is 19.3 Å². The van der Waals surface area contributed by atoms with E-state index in [9.17, 15) is 33.4 Å². The Morgan fingerprint density at radius 2 is 1.21 bits per heavy atom. The molecular weight excluding hydrogens is 740 g/mol. The fourth-order valence-electron chi connectivity index (χ4n) is 6.56. The second-order valence-corrected chi connectivity index (χ2v) is 13.2. The highest BCUT2D eigenvalue weighted by Gasteiger charge is 2.52. The van der Waals surface area contributed by atoms with Crippen LogP contribution in [0.15, 0.2) is 73.3 Å². The SMILES string of the molecule is O=[N+]([O-])c1cc2c(Nc3ccc(F)c(Cl)c3)ncnc2cc1F.O=[N+]([O-])c1cc2c(Nc3ccc(F)c(Cl)c3)ncnc2cc1OCC1C2CCCC21. The minimum absolute atomic E-state index is 0.0372. The highest BCUT2D eigenvalue weighted by Crippen LogP contribution is 2.57. The van der Waals surface area contributed by atoms with E-state index in [1.165, 1.54) is 68.3 Å². The number of ether oxygens (including phenoxy) is 1. The van der Waals surface area contributed by atoms with Crippen LogP contribution in [0.2, 0.25) is 10.0 Å². The number of nitrogens with zero attached hydrogens (tertiary/aromatic N) is 6. The lowest BCUT2D eigenvalue weighted by Crippen LogP contribution is -2.06. The number of benzene rings is 4. The number of rotatable bonds is 9. The van der Waals surface area contributed by atoms with Gasteiger partial charge in [-0.15, -0.1) is 0 Å². The van der Waals surface area contributed by atoms with Crippen LogP contribution in [0.5, 0.6) is 5.75 Å². The average molecular weight is 766 g/mol. The van der Waals surface area contributed by atoms with Crippen molar-refractivity contribution in [3.63, 3.8) is 0 Å². The maximum Gasteiger partial charge on any atom is 0.311 e. The van der Waals surface area contributed by atoms with Crippen LogP contribution in [0.25, 0.3) is 21.8 Å². The third-order valence-corrected chi connectivity index (χ3v) is 9.77. The number of nitro benzene ring substituents is 2. The Labute approximate surface area is 307 Å². The molecule has 0 bridgehead atoms. The Morgan fingerprint density at radius 3 is 1.72 bits per heavy atom. The molecule has 2 fully saturated rings. The molecule has 18 heteroatoms. The third kappa shape index (κ3) is 7.54. The van der Waals surface area contributed by atoms with Crippen molar-refractivity contribution in [2.75, 3.05) is 17.2 Å². The highest BCUT2D eigenvalue weighted by atomic mass is 35.5. The van der Waals surface area contributed by atoms with Crippen LogP contribution in [-0.2, 0) is 0 Å². The summed E-state index contributed by atoms with van der Waals surface area (Å²) >= 11 is 11.5. The molecule has 2 N–H and O–H groups in total. The number of nitrogens with one attached hydrogen (secondary N) is 2. The van der Waals surface area contributed by atoms with Gasteiger partial charge in [-0.25, -0.2) is 28.7 Å². The number of aromatic nitrogens is 4. The summed E-state index contributed by atoms with van der Waals surface area (Å²) in [5.74, 6) is 0.600. The minimum atomic E-state index is -0.989. The van der Waals surface area contributed by atoms with E-state index in [0.29, 0.717) is 52.5 Å². The second kappa shape index (κ2) is 14.6. The Kier molecular flexibility index (Phi) is 9.81. The second-order valence-electron chi connectivity index (χ2n) is 12.4. The minimum Gasteiger partial charge on any atom is -0.486 e. The van der Waals surface area contributed by atoms with Gasteiger partial charge in [-0.05, 0) is 67.0 Å². The van der Waals surface area contributed by atoms with Gasteiger partial charge in [0, 0.05) is 35.6 Å². The van der Waals surface area contributed by atoms with Crippen LogP contribution in [0.3, 0.4) is 0 Å². The maximum atomic E-state index is 13.6. The summed E-state index contributed by atoms with van der Waals surface area (Å²) in [5, 5.41) is 29.0. The lowest BCUT2D eigenvalue weighted by molar-refractivity contribution is -0.387. The van der Waals surface area contributed by atoms with Gasteiger partial charge in [0.25, 0.3) is 0 Å². The summed E-state index contributed by atoms with van der Waals surface area (Å²) in [6.07, 6.45) is 6.27. The molecule has 4 aromatic carbocycles. The summed E-state index contributed by atoms with van der Waals surface area (Å²) < 4.78 is 46.1. The lowest BCUT2D eigenvalue weighted by atomic mass is 10.1. The Balaban J connectivity index is 0.000000170. The molecule has 2 heterocycles. The summed E-state index contributed by atoms with van der Waals surface area (Å²) in [5.41, 5.74) is 0.805. The first-order chi connectivity index (χ1) is 25.5. The molecule has 2 unspecified atom stereocenters.